The van der Waals surface area contributed by atoms with Gasteiger partial charge in [0.05, 0.1) is 26.8 Å². The Morgan fingerprint density at radius 3 is 2.37 bits per heavy atom. The van der Waals surface area contributed by atoms with Crippen LogP contribution in [0.2, 0.25) is 0 Å². The molecule has 0 saturated heterocycles. The number of halogens is 3. The first kappa shape index (κ1) is 16.0. The van der Waals surface area contributed by atoms with Crippen molar-refractivity contribution in [3.05, 3.63) is 28.8 Å². The highest BCUT2D eigenvalue weighted by atomic mass is 35.5. The van der Waals surface area contributed by atoms with Gasteiger partial charge in [0.25, 0.3) is 0 Å². The van der Waals surface area contributed by atoms with Crippen LogP contribution in [0.3, 0.4) is 0 Å². The molecule has 0 aliphatic rings. The molecule has 1 aromatic carbocycles. The highest BCUT2D eigenvalue weighted by Crippen LogP contribution is 2.38. The van der Waals surface area contributed by atoms with Crippen molar-refractivity contribution in [3.63, 3.8) is 0 Å². The fraction of sp³-hybridized carbons (Fsp3) is 0.417. The maximum Gasteiger partial charge on any atom is 0.349 e. The normalized spacial score (nSPS) is 13.3. The van der Waals surface area contributed by atoms with Crippen molar-refractivity contribution >= 4 is 28.4 Å². The van der Waals surface area contributed by atoms with E-state index in [1.165, 1.54) is 0 Å². The Morgan fingerprint density at radius 1 is 1.42 bits per heavy atom. The van der Waals surface area contributed by atoms with Gasteiger partial charge in [-0.15, -0.1) is 0 Å². The van der Waals surface area contributed by atoms with Crippen molar-refractivity contribution in [2.45, 2.75) is 30.5 Å². The van der Waals surface area contributed by atoms with E-state index in [0.717, 1.165) is 12.1 Å². The summed E-state index contributed by atoms with van der Waals surface area (Å²) in [5.41, 5.74) is -0.564. The minimum Gasteiger partial charge on any atom is -0.478 e. The van der Waals surface area contributed by atoms with E-state index in [0.29, 0.717) is 0 Å². The summed E-state index contributed by atoms with van der Waals surface area (Å²) >= 11 is 5.01. The van der Waals surface area contributed by atoms with Crippen molar-refractivity contribution in [2.24, 2.45) is 0 Å². The topological polar surface area (TPSA) is 54.4 Å². The van der Waals surface area contributed by atoms with E-state index >= 15 is 0 Å². The predicted molar refractivity (Wildman–Crippen MR) is 69.5 cm³/mol. The van der Waals surface area contributed by atoms with Crippen LogP contribution in [-0.2, 0) is 22.6 Å². The molecule has 1 N–H and O–H groups in total. The molecule has 19 heavy (non-hydrogen) atoms. The fourth-order valence-electron chi connectivity index (χ4n) is 1.81. The van der Waals surface area contributed by atoms with Crippen molar-refractivity contribution in [3.8, 4) is 0 Å². The molecule has 0 bridgehead atoms. The Kier molecular flexibility index (Phi) is 5.04. The minimum atomic E-state index is -3.68. The Bertz CT molecular complexity index is 526. The van der Waals surface area contributed by atoms with E-state index in [4.69, 9.17) is 16.7 Å². The summed E-state index contributed by atoms with van der Waals surface area (Å²) in [4.78, 5) is 10.9. The Labute approximate surface area is 117 Å². The number of carboxylic acids is 1. The fourth-order valence-corrected chi connectivity index (χ4v) is 3.28. The van der Waals surface area contributed by atoms with Crippen LogP contribution in [0.1, 0.15) is 35.3 Å². The lowest BCUT2D eigenvalue weighted by Gasteiger charge is -2.18. The number of alkyl halides is 3. The van der Waals surface area contributed by atoms with Crippen LogP contribution < -0.4 is 0 Å². The van der Waals surface area contributed by atoms with Crippen LogP contribution in [-0.4, -0.2) is 21.0 Å². The summed E-state index contributed by atoms with van der Waals surface area (Å²) < 4.78 is 38.7. The summed E-state index contributed by atoms with van der Waals surface area (Å²) in [6.45, 7) is 3.19. The van der Waals surface area contributed by atoms with Gasteiger partial charge in [-0.2, -0.15) is 8.78 Å². The first-order valence-corrected chi connectivity index (χ1v) is 7.28. The molecule has 7 heteroatoms. The Balaban J connectivity index is 3.70. The van der Waals surface area contributed by atoms with Gasteiger partial charge < -0.3 is 5.11 Å². The molecule has 0 amide bonds. The third-order valence-corrected chi connectivity index (χ3v) is 4.29. The van der Waals surface area contributed by atoms with Crippen LogP contribution in [0, 0.1) is 0 Å². The molecule has 0 aliphatic carbocycles. The molecule has 0 aliphatic heterocycles. The molecule has 0 heterocycles. The molecular formula is C12H13ClF2O3S. The van der Waals surface area contributed by atoms with Gasteiger partial charge >= 0.3 is 11.4 Å². The second-order valence-electron chi connectivity index (χ2n) is 3.76. The monoisotopic (exact) mass is 310 g/mol. The third kappa shape index (κ3) is 3.30. The van der Waals surface area contributed by atoms with Gasteiger partial charge in [-0.05, 0) is 35.7 Å². The predicted octanol–water partition coefficient (Wildman–Crippen LogP) is 3.36. The van der Waals surface area contributed by atoms with E-state index in [9.17, 15) is 17.8 Å². The first-order chi connectivity index (χ1) is 8.73. The molecular weight excluding hydrogens is 298 g/mol. The van der Waals surface area contributed by atoms with Crippen LogP contribution in [0.4, 0.5) is 8.78 Å². The Morgan fingerprint density at radius 2 is 2.00 bits per heavy atom. The third-order valence-electron chi connectivity index (χ3n) is 2.64. The number of carbonyl (C=O) groups is 1. The van der Waals surface area contributed by atoms with E-state index in [1.54, 1.807) is 13.8 Å². The number of hydrogen-bond donors (Lipinski definition) is 1. The van der Waals surface area contributed by atoms with Gasteiger partial charge in [-0.1, -0.05) is 13.8 Å². The minimum absolute atomic E-state index is 0.107. The van der Waals surface area contributed by atoms with Crippen LogP contribution in [0.15, 0.2) is 17.0 Å². The van der Waals surface area contributed by atoms with Crippen molar-refractivity contribution < 1.29 is 22.9 Å². The van der Waals surface area contributed by atoms with Gasteiger partial charge in [-0.3, -0.25) is 4.21 Å². The molecule has 0 saturated carbocycles. The molecule has 0 radical (unpaired) electrons. The molecule has 0 aromatic heterocycles. The largest absolute Gasteiger partial charge is 0.478 e. The Hall–Kier alpha value is -1.01. The van der Waals surface area contributed by atoms with Gasteiger partial charge in [0.2, 0.25) is 0 Å². The smallest absolute Gasteiger partial charge is 0.349 e. The van der Waals surface area contributed by atoms with Crippen molar-refractivity contribution in [1.29, 1.82) is 0 Å². The number of aromatic carboxylic acids is 1. The average molecular weight is 311 g/mol. The van der Waals surface area contributed by atoms with Gasteiger partial charge in [0.1, 0.15) is 0 Å². The van der Waals surface area contributed by atoms with Crippen LogP contribution in [0.5, 0.6) is 0 Å². The summed E-state index contributed by atoms with van der Waals surface area (Å²) in [7, 11) is -1.71. The molecule has 3 nitrogen and oxygen atoms in total. The highest BCUT2D eigenvalue weighted by molar-refractivity contribution is 7.85. The zero-order chi connectivity index (χ0) is 14.8. The average Bonchev–Trinajstić information content (AvgIpc) is 2.34. The number of hydrogen-bond acceptors (Lipinski definition) is 2. The van der Waals surface area contributed by atoms with E-state index in [2.05, 4.69) is 0 Å². The van der Waals surface area contributed by atoms with Crippen LogP contribution >= 0.6 is 11.6 Å². The summed E-state index contributed by atoms with van der Waals surface area (Å²) in [5.74, 6) is -1.13. The zero-order valence-corrected chi connectivity index (χ0v) is 11.9. The summed E-state index contributed by atoms with van der Waals surface area (Å²) in [6.07, 6.45) is 0.184. The van der Waals surface area contributed by atoms with Crippen LogP contribution in [0.25, 0.3) is 0 Å². The lowest BCUT2D eigenvalue weighted by Crippen LogP contribution is -2.15. The van der Waals surface area contributed by atoms with E-state index in [-0.39, 0.29) is 28.2 Å². The number of rotatable bonds is 5. The molecule has 106 valence electrons. The molecule has 0 fully saturated rings. The first-order valence-electron chi connectivity index (χ1n) is 5.58. The maximum atomic E-state index is 13.3. The number of benzene rings is 1. The summed E-state index contributed by atoms with van der Waals surface area (Å²) in [5, 5.41) is 5.37. The van der Waals surface area contributed by atoms with Gasteiger partial charge in [0, 0.05) is 5.75 Å². The standard InChI is InChI=1S/C12H13ClF2O3S/c1-3-7-8(11(16)17)5-6-9(12(13,14)15)10(7)19(18)4-2/h5-6H,3-4H2,1-2H3,(H,16,17)/t19-/m1/s1. The lowest BCUT2D eigenvalue weighted by molar-refractivity contribution is 0.0692. The van der Waals surface area contributed by atoms with Gasteiger partial charge in [-0.25, -0.2) is 4.79 Å². The molecule has 1 aromatic rings. The number of carboxylic acid groups (broad SMARTS) is 1. The van der Waals surface area contributed by atoms with Gasteiger partial charge in [0.15, 0.2) is 0 Å². The lowest BCUT2D eigenvalue weighted by atomic mass is 10.0. The molecule has 1 rings (SSSR count). The maximum absolute atomic E-state index is 13.3. The van der Waals surface area contributed by atoms with E-state index < -0.39 is 27.7 Å². The van der Waals surface area contributed by atoms with E-state index in [1.807, 2.05) is 0 Å². The molecule has 0 unspecified atom stereocenters. The zero-order valence-electron chi connectivity index (χ0n) is 10.4. The molecule has 0 spiro atoms. The summed E-state index contributed by atoms with van der Waals surface area (Å²) in [6, 6.07) is 2.00. The van der Waals surface area contributed by atoms with Crippen molar-refractivity contribution in [1.82, 2.24) is 0 Å². The highest BCUT2D eigenvalue weighted by Gasteiger charge is 2.34. The second kappa shape index (κ2) is 5.96. The van der Waals surface area contributed by atoms with Crippen molar-refractivity contribution in [2.75, 3.05) is 5.75 Å². The quantitative estimate of drug-likeness (QED) is 0.848. The molecule has 1 atom stereocenters. The SMILES string of the molecule is CCc1c(C(=O)O)ccc(C(F)(F)Cl)c1[S@](=O)CC. The second-order valence-corrected chi connectivity index (χ2v) is 5.91.